The molecule has 0 bridgehead atoms. The second-order valence-corrected chi connectivity index (χ2v) is 5.30. The van der Waals surface area contributed by atoms with Gasteiger partial charge in [0.1, 0.15) is 0 Å². The summed E-state index contributed by atoms with van der Waals surface area (Å²) < 4.78 is 0. The lowest BCUT2D eigenvalue weighted by Crippen LogP contribution is -2.49. The zero-order valence-electron chi connectivity index (χ0n) is 12.8. The first-order valence-corrected chi connectivity index (χ1v) is 7.56. The Labute approximate surface area is 117 Å². The van der Waals surface area contributed by atoms with Gasteiger partial charge in [-0.15, -0.1) is 0 Å². The second-order valence-electron chi connectivity index (χ2n) is 5.30. The summed E-state index contributed by atoms with van der Waals surface area (Å²) in [6.45, 7) is 12.7. The SMILES string of the molecule is CCCN(CC)CCNCC(=O)N1CCN(C)CC1. The summed E-state index contributed by atoms with van der Waals surface area (Å²) in [4.78, 5) is 18.6. The summed E-state index contributed by atoms with van der Waals surface area (Å²) in [5.41, 5.74) is 0. The van der Waals surface area contributed by atoms with Gasteiger partial charge in [0.15, 0.2) is 0 Å². The molecule has 19 heavy (non-hydrogen) atoms. The number of hydrogen-bond donors (Lipinski definition) is 1. The molecule has 5 nitrogen and oxygen atoms in total. The Bertz CT molecular complexity index is 252. The molecule has 1 aliphatic heterocycles. The molecule has 1 amide bonds. The Morgan fingerprint density at radius 1 is 1.16 bits per heavy atom. The number of amides is 1. The number of nitrogens with one attached hydrogen (secondary N) is 1. The summed E-state index contributed by atoms with van der Waals surface area (Å²) in [7, 11) is 2.10. The molecule has 112 valence electrons. The van der Waals surface area contributed by atoms with E-state index in [-0.39, 0.29) is 5.91 Å². The smallest absolute Gasteiger partial charge is 0.236 e. The zero-order valence-corrected chi connectivity index (χ0v) is 12.8. The molecule has 1 fully saturated rings. The molecule has 0 aromatic rings. The maximum atomic E-state index is 12.0. The number of carbonyl (C=O) groups is 1. The minimum Gasteiger partial charge on any atom is -0.339 e. The maximum Gasteiger partial charge on any atom is 0.236 e. The fourth-order valence-electron chi connectivity index (χ4n) is 2.34. The Hall–Kier alpha value is -0.650. The van der Waals surface area contributed by atoms with Crippen LogP contribution in [0.1, 0.15) is 20.3 Å². The van der Waals surface area contributed by atoms with Crippen LogP contribution in [0.5, 0.6) is 0 Å². The summed E-state index contributed by atoms with van der Waals surface area (Å²) in [6, 6.07) is 0. The van der Waals surface area contributed by atoms with Crippen molar-refractivity contribution in [1.82, 2.24) is 20.0 Å². The molecular formula is C14H30N4O. The van der Waals surface area contributed by atoms with Crippen molar-refractivity contribution >= 4 is 5.91 Å². The van der Waals surface area contributed by atoms with Crippen LogP contribution < -0.4 is 5.32 Å². The van der Waals surface area contributed by atoms with Crippen molar-refractivity contribution in [3.8, 4) is 0 Å². The first kappa shape index (κ1) is 16.4. The van der Waals surface area contributed by atoms with Crippen LogP contribution >= 0.6 is 0 Å². The van der Waals surface area contributed by atoms with Crippen molar-refractivity contribution in [2.24, 2.45) is 0 Å². The molecule has 0 aromatic heterocycles. The first-order valence-electron chi connectivity index (χ1n) is 7.56. The molecule has 0 aliphatic carbocycles. The van der Waals surface area contributed by atoms with Gasteiger partial charge in [-0.05, 0) is 26.6 Å². The van der Waals surface area contributed by atoms with Gasteiger partial charge >= 0.3 is 0 Å². The van der Waals surface area contributed by atoms with Gasteiger partial charge in [-0.25, -0.2) is 0 Å². The van der Waals surface area contributed by atoms with Crippen LogP contribution in [0.2, 0.25) is 0 Å². The van der Waals surface area contributed by atoms with Gasteiger partial charge in [-0.3, -0.25) is 4.79 Å². The predicted molar refractivity (Wildman–Crippen MR) is 79.4 cm³/mol. The highest BCUT2D eigenvalue weighted by Crippen LogP contribution is 1.98. The number of nitrogens with zero attached hydrogens (tertiary/aromatic N) is 3. The third-order valence-corrected chi connectivity index (χ3v) is 3.72. The Morgan fingerprint density at radius 2 is 1.84 bits per heavy atom. The fraction of sp³-hybridized carbons (Fsp3) is 0.929. The van der Waals surface area contributed by atoms with Crippen LogP contribution in [0.15, 0.2) is 0 Å². The average molecular weight is 270 g/mol. The normalized spacial score (nSPS) is 17.2. The third-order valence-electron chi connectivity index (χ3n) is 3.72. The van der Waals surface area contributed by atoms with E-state index >= 15 is 0 Å². The van der Waals surface area contributed by atoms with E-state index in [1.165, 1.54) is 6.42 Å². The van der Waals surface area contributed by atoms with E-state index in [1.54, 1.807) is 0 Å². The van der Waals surface area contributed by atoms with Crippen LogP contribution in [0.3, 0.4) is 0 Å². The molecule has 1 heterocycles. The maximum absolute atomic E-state index is 12.0. The Kier molecular flexibility index (Phi) is 8.02. The van der Waals surface area contributed by atoms with Crippen molar-refractivity contribution in [2.75, 3.05) is 66.0 Å². The third kappa shape index (κ3) is 6.36. The second kappa shape index (κ2) is 9.28. The molecule has 1 saturated heterocycles. The number of piperazine rings is 1. The highest BCUT2D eigenvalue weighted by molar-refractivity contribution is 5.78. The van der Waals surface area contributed by atoms with Crippen LogP contribution in [-0.2, 0) is 4.79 Å². The van der Waals surface area contributed by atoms with Gasteiger partial charge in [-0.1, -0.05) is 13.8 Å². The van der Waals surface area contributed by atoms with Crippen LogP contribution in [0.25, 0.3) is 0 Å². The van der Waals surface area contributed by atoms with E-state index in [9.17, 15) is 4.79 Å². The number of carbonyl (C=O) groups excluding carboxylic acids is 1. The van der Waals surface area contributed by atoms with Gasteiger partial charge in [0.2, 0.25) is 5.91 Å². The topological polar surface area (TPSA) is 38.8 Å². The van der Waals surface area contributed by atoms with Crippen molar-refractivity contribution in [1.29, 1.82) is 0 Å². The Morgan fingerprint density at radius 3 is 2.42 bits per heavy atom. The molecule has 1 rings (SSSR count). The molecule has 0 aromatic carbocycles. The standard InChI is InChI=1S/C14H30N4O/c1-4-7-17(5-2)8-6-15-13-14(19)18-11-9-16(3)10-12-18/h15H,4-13H2,1-3H3. The van der Waals surface area contributed by atoms with Crippen molar-refractivity contribution in [2.45, 2.75) is 20.3 Å². The Balaban J connectivity index is 2.10. The summed E-state index contributed by atoms with van der Waals surface area (Å²) in [5.74, 6) is 0.242. The van der Waals surface area contributed by atoms with Crippen LogP contribution in [-0.4, -0.2) is 86.6 Å². The summed E-state index contributed by atoms with van der Waals surface area (Å²) >= 11 is 0. The largest absolute Gasteiger partial charge is 0.339 e. The summed E-state index contributed by atoms with van der Waals surface area (Å²) in [5, 5.41) is 3.27. The van der Waals surface area contributed by atoms with E-state index in [2.05, 4.69) is 36.0 Å². The van der Waals surface area contributed by atoms with Gasteiger partial charge in [0, 0.05) is 39.3 Å². The van der Waals surface area contributed by atoms with Gasteiger partial charge in [-0.2, -0.15) is 0 Å². The minimum atomic E-state index is 0.242. The van der Waals surface area contributed by atoms with Crippen molar-refractivity contribution < 1.29 is 4.79 Å². The first-order chi connectivity index (χ1) is 9.17. The lowest BCUT2D eigenvalue weighted by molar-refractivity contribution is -0.131. The average Bonchev–Trinajstić information content (AvgIpc) is 2.42. The van der Waals surface area contributed by atoms with Gasteiger partial charge in [0.25, 0.3) is 0 Å². The molecule has 5 heteroatoms. The summed E-state index contributed by atoms with van der Waals surface area (Å²) in [6.07, 6.45) is 1.19. The van der Waals surface area contributed by atoms with E-state index in [4.69, 9.17) is 0 Å². The highest BCUT2D eigenvalue weighted by Gasteiger charge is 2.18. The van der Waals surface area contributed by atoms with E-state index in [1.807, 2.05) is 4.90 Å². The lowest BCUT2D eigenvalue weighted by Gasteiger charge is -2.32. The van der Waals surface area contributed by atoms with E-state index in [0.29, 0.717) is 6.54 Å². The van der Waals surface area contributed by atoms with Crippen LogP contribution in [0, 0.1) is 0 Å². The van der Waals surface area contributed by atoms with E-state index < -0.39 is 0 Å². The monoisotopic (exact) mass is 270 g/mol. The van der Waals surface area contributed by atoms with Gasteiger partial charge in [0.05, 0.1) is 6.54 Å². The molecular weight excluding hydrogens is 240 g/mol. The molecule has 0 atom stereocenters. The zero-order chi connectivity index (χ0) is 14.1. The number of likely N-dealkylation sites (N-methyl/N-ethyl adjacent to an activating group) is 2. The minimum absolute atomic E-state index is 0.242. The quantitative estimate of drug-likeness (QED) is 0.634. The molecule has 1 aliphatic rings. The predicted octanol–water partition coefficient (Wildman–Crippen LogP) is 0.0819. The molecule has 0 saturated carbocycles. The van der Waals surface area contributed by atoms with Crippen molar-refractivity contribution in [3.63, 3.8) is 0 Å². The van der Waals surface area contributed by atoms with E-state index in [0.717, 1.165) is 52.4 Å². The van der Waals surface area contributed by atoms with Crippen molar-refractivity contribution in [3.05, 3.63) is 0 Å². The fourth-order valence-corrected chi connectivity index (χ4v) is 2.34. The number of rotatable bonds is 8. The lowest BCUT2D eigenvalue weighted by atomic mass is 10.3. The molecule has 0 radical (unpaired) electrons. The number of hydrogen-bond acceptors (Lipinski definition) is 4. The highest BCUT2D eigenvalue weighted by atomic mass is 16.2. The van der Waals surface area contributed by atoms with Gasteiger partial charge < -0.3 is 20.0 Å². The molecule has 0 spiro atoms. The molecule has 1 N–H and O–H groups in total. The molecule has 0 unspecified atom stereocenters. The van der Waals surface area contributed by atoms with Crippen LogP contribution in [0.4, 0.5) is 0 Å².